The van der Waals surface area contributed by atoms with Crippen molar-refractivity contribution < 1.29 is 39.2 Å². The van der Waals surface area contributed by atoms with Crippen molar-refractivity contribution in [3.8, 4) is 11.5 Å². The van der Waals surface area contributed by atoms with Crippen molar-refractivity contribution in [2.24, 2.45) is 0 Å². The smallest absolute Gasteiger partial charge is 0.336 e. The Labute approximate surface area is 235 Å². The van der Waals surface area contributed by atoms with Gasteiger partial charge in [-0.25, -0.2) is 9.68 Å². The highest BCUT2D eigenvalue weighted by Gasteiger charge is 2.20. The summed E-state index contributed by atoms with van der Waals surface area (Å²) in [5.74, 6) is -1.68. The maximum Gasteiger partial charge on any atom is 0.336 e. The van der Waals surface area contributed by atoms with Gasteiger partial charge < -0.3 is 20.5 Å². The van der Waals surface area contributed by atoms with E-state index in [-0.39, 0.29) is 34.4 Å². The van der Waals surface area contributed by atoms with Crippen LogP contribution in [0.2, 0.25) is 0 Å². The number of carbonyl (C=O) groups excluding carboxylic acids is 3. The SMILES string of the molecule is CNc1ccc(Oc2ccc(NC(=O)c3cc(C(=O)c4ccc(C(=O)O)c(C(C)=O)c4)ccc3COO)cc2)cc1. The number of ketones is 2. The largest absolute Gasteiger partial charge is 0.478 e. The predicted octanol–water partition coefficient (Wildman–Crippen LogP) is 5.89. The molecule has 0 saturated carbocycles. The molecule has 0 aliphatic rings. The average Bonchev–Trinajstić information content (AvgIpc) is 2.98. The Bertz CT molecular complexity index is 1610. The number of carbonyl (C=O) groups is 4. The molecule has 0 unspecified atom stereocenters. The lowest BCUT2D eigenvalue weighted by Gasteiger charge is -2.13. The van der Waals surface area contributed by atoms with E-state index < -0.39 is 23.4 Å². The summed E-state index contributed by atoms with van der Waals surface area (Å²) in [5, 5.41) is 24.1. The lowest BCUT2D eigenvalue weighted by molar-refractivity contribution is -0.253. The Morgan fingerprint density at radius 1 is 0.732 bits per heavy atom. The van der Waals surface area contributed by atoms with Crippen LogP contribution < -0.4 is 15.4 Å². The molecule has 0 fully saturated rings. The lowest BCUT2D eigenvalue weighted by Crippen LogP contribution is -2.16. The lowest BCUT2D eigenvalue weighted by atomic mass is 9.94. The van der Waals surface area contributed by atoms with E-state index in [4.69, 9.17) is 9.99 Å². The molecular formula is C31H26N2O8. The molecular weight excluding hydrogens is 528 g/mol. The van der Waals surface area contributed by atoms with Crippen LogP contribution in [0.3, 0.4) is 0 Å². The quantitative estimate of drug-likeness (QED) is 0.101. The van der Waals surface area contributed by atoms with Gasteiger partial charge in [0.2, 0.25) is 0 Å². The average molecular weight is 555 g/mol. The van der Waals surface area contributed by atoms with E-state index in [1.165, 1.54) is 43.3 Å². The van der Waals surface area contributed by atoms with Gasteiger partial charge in [0.15, 0.2) is 11.6 Å². The number of rotatable bonds is 11. The Hall–Kier alpha value is -5.32. The first-order chi connectivity index (χ1) is 19.7. The van der Waals surface area contributed by atoms with E-state index in [0.29, 0.717) is 22.7 Å². The first-order valence-corrected chi connectivity index (χ1v) is 12.4. The van der Waals surface area contributed by atoms with Crippen molar-refractivity contribution in [3.05, 3.63) is 118 Å². The Kier molecular flexibility index (Phi) is 8.88. The molecule has 10 nitrogen and oxygen atoms in total. The molecule has 0 radical (unpaired) electrons. The molecule has 4 aromatic rings. The summed E-state index contributed by atoms with van der Waals surface area (Å²) in [4.78, 5) is 54.1. The van der Waals surface area contributed by atoms with Gasteiger partial charge in [-0.3, -0.25) is 19.6 Å². The molecule has 0 aliphatic carbocycles. The molecule has 0 spiro atoms. The number of benzene rings is 4. The van der Waals surface area contributed by atoms with Crippen LogP contribution in [0.4, 0.5) is 11.4 Å². The van der Waals surface area contributed by atoms with Crippen molar-refractivity contribution in [1.82, 2.24) is 0 Å². The first kappa shape index (κ1) is 28.7. The number of amides is 1. The fraction of sp³-hybridized carbons (Fsp3) is 0.0968. The minimum absolute atomic E-state index is 0.0730. The van der Waals surface area contributed by atoms with Gasteiger partial charge in [-0.15, -0.1) is 0 Å². The van der Waals surface area contributed by atoms with Gasteiger partial charge in [0.05, 0.1) is 5.56 Å². The molecule has 4 rings (SSSR count). The summed E-state index contributed by atoms with van der Waals surface area (Å²) in [5.41, 5.74) is 1.67. The van der Waals surface area contributed by atoms with E-state index in [0.717, 1.165) is 5.69 Å². The number of carboxylic acid groups (broad SMARTS) is 1. The minimum Gasteiger partial charge on any atom is -0.478 e. The maximum atomic E-state index is 13.2. The normalized spacial score (nSPS) is 10.5. The van der Waals surface area contributed by atoms with Crippen molar-refractivity contribution in [3.63, 3.8) is 0 Å². The zero-order valence-corrected chi connectivity index (χ0v) is 22.1. The molecule has 208 valence electrons. The summed E-state index contributed by atoms with van der Waals surface area (Å²) in [6, 6.07) is 22.1. The number of Topliss-reactive ketones (excluding diaryl/α,β-unsaturated/α-hetero) is 1. The molecule has 1 amide bonds. The molecule has 41 heavy (non-hydrogen) atoms. The second-order valence-corrected chi connectivity index (χ2v) is 8.95. The summed E-state index contributed by atoms with van der Waals surface area (Å²) >= 11 is 0. The molecule has 4 N–H and O–H groups in total. The standard InChI is InChI=1S/C31H26N2O8/c1-18(34)27-15-20(5-14-26(27)31(37)38)29(35)19-3-4-21(17-40-39)28(16-19)30(36)33-23-8-12-25(13-9-23)41-24-10-6-22(32-2)7-11-24/h3-16,32,39H,17H2,1-2H3,(H,33,36)(H,37,38). The number of hydrogen-bond donors (Lipinski definition) is 4. The van der Waals surface area contributed by atoms with Gasteiger partial charge in [0.1, 0.15) is 18.1 Å². The minimum atomic E-state index is -1.29. The zero-order valence-electron chi connectivity index (χ0n) is 22.1. The Balaban J connectivity index is 1.55. The molecule has 0 atom stereocenters. The van der Waals surface area contributed by atoms with E-state index in [9.17, 15) is 24.3 Å². The maximum absolute atomic E-state index is 13.2. The van der Waals surface area contributed by atoms with E-state index in [1.54, 1.807) is 24.3 Å². The molecule has 0 heterocycles. The van der Waals surface area contributed by atoms with Crippen LogP contribution in [0, 0.1) is 0 Å². The molecule has 4 aromatic carbocycles. The van der Waals surface area contributed by atoms with Gasteiger partial charge in [-0.2, -0.15) is 0 Å². The summed E-state index contributed by atoms with van der Waals surface area (Å²) in [6.07, 6.45) is 0. The predicted molar refractivity (Wildman–Crippen MR) is 151 cm³/mol. The number of hydrogen-bond acceptors (Lipinski definition) is 8. The van der Waals surface area contributed by atoms with E-state index in [1.807, 2.05) is 31.3 Å². The van der Waals surface area contributed by atoms with Crippen LogP contribution >= 0.6 is 0 Å². The number of aromatic carboxylic acids is 1. The van der Waals surface area contributed by atoms with Crippen LogP contribution in [0.15, 0.2) is 84.9 Å². The highest BCUT2D eigenvalue weighted by atomic mass is 17.1. The molecule has 0 aromatic heterocycles. The van der Waals surface area contributed by atoms with Crippen LogP contribution in [-0.2, 0) is 11.5 Å². The third-order valence-corrected chi connectivity index (χ3v) is 6.22. The number of nitrogens with one attached hydrogen (secondary N) is 2. The summed E-state index contributed by atoms with van der Waals surface area (Å²) < 4.78 is 5.83. The van der Waals surface area contributed by atoms with Crippen LogP contribution in [-0.4, -0.2) is 40.9 Å². The number of ether oxygens (including phenoxy) is 1. The van der Waals surface area contributed by atoms with Crippen molar-refractivity contribution in [2.45, 2.75) is 13.5 Å². The second-order valence-electron chi connectivity index (χ2n) is 8.95. The Morgan fingerprint density at radius 3 is 1.83 bits per heavy atom. The van der Waals surface area contributed by atoms with Gasteiger partial charge in [-0.05, 0) is 79.2 Å². The Morgan fingerprint density at radius 2 is 1.29 bits per heavy atom. The third kappa shape index (κ3) is 6.82. The fourth-order valence-electron chi connectivity index (χ4n) is 4.08. The highest BCUT2D eigenvalue weighted by molar-refractivity contribution is 6.14. The van der Waals surface area contributed by atoms with Gasteiger partial charge in [0.25, 0.3) is 5.91 Å². The summed E-state index contributed by atoms with van der Waals surface area (Å²) in [6.45, 7) is 0.903. The molecule has 0 bridgehead atoms. The van der Waals surface area contributed by atoms with Crippen molar-refractivity contribution in [2.75, 3.05) is 17.7 Å². The molecule has 0 saturated heterocycles. The summed E-state index contributed by atoms with van der Waals surface area (Å²) in [7, 11) is 1.82. The van der Waals surface area contributed by atoms with Crippen molar-refractivity contribution in [1.29, 1.82) is 0 Å². The van der Waals surface area contributed by atoms with Crippen LogP contribution in [0.1, 0.15) is 59.5 Å². The fourth-order valence-corrected chi connectivity index (χ4v) is 4.08. The highest BCUT2D eigenvalue weighted by Crippen LogP contribution is 2.25. The number of anilines is 2. The van der Waals surface area contributed by atoms with E-state index >= 15 is 0 Å². The third-order valence-electron chi connectivity index (χ3n) is 6.22. The second kappa shape index (κ2) is 12.7. The van der Waals surface area contributed by atoms with E-state index in [2.05, 4.69) is 15.5 Å². The van der Waals surface area contributed by atoms with Gasteiger partial charge in [-0.1, -0.05) is 18.2 Å². The first-order valence-electron chi connectivity index (χ1n) is 12.4. The van der Waals surface area contributed by atoms with Gasteiger partial charge >= 0.3 is 5.97 Å². The van der Waals surface area contributed by atoms with Crippen molar-refractivity contribution >= 4 is 34.8 Å². The number of carboxylic acids is 1. The molecule has 0 aliphatic heterocycles. The molecule has 10 heteroatoms. The zero-order chi connectivity index (χ0) is 29.5. The van der Waals surface area contributed by atoms with Crippen LogP contribution in [0.5, 0.6) is 11.5 Å². The van der Waals surface area contributed by atoms with Gasteiger partial charge in [0, 0.05) is 40.7 Å². The van der Waals surface area contributed by atoms with Crippen LogP contribution in [0.25, 0.3) is 0 Å². The monoisotopic (exact) mass is 554 g/mol. The topological polar surface area (TPSA) is 151 Å².